The highest BCUT2D eigenvalue weighted by atomic mass is 16.5. The van der Waals surface area contributed by atoms with Crippen molar-refractivity contribution in [3.63, 3.8) is 0 Å². The van der Waals surface area contributed by atoms with Crippen molar-refractivity contribution in [2.45, 2.75) is 45.1 Å². The predicted octanol–water partition coefficient (Wildman–Crippen LogP) is 2.75. The zero-order valence-corrected chi connectivity index (χ0v) is 16.2. The molecule has 26 heavy (non-hydrogen) atoms. The van der Waals surface area contributed by atoms with Crippen molar-refractivity contribution in [1.82, 2.24) is 9.80 Å². The summed E-state index contributed by atoms with van der Waals surface area (Å²) >= 11 is 0. The minimum atomic E-state index is -0.144. The Balaban J connectivity index is 1.83. The number of hydrogen-bond acceptors (Lipinski definition) is 4. The molecule has 0 saturated heterocycles. The number of ether oxygens (including phenoxy) is 1. The van der Waals surface area contributed by atoms with Crippen LogP contribution in [0.25, 0.3) is 0 Å². The van der Waals surface area contributed by atoms with E-state index in [2.05, 4.69) is 5.32 Å². The first-order valence-electron chi connectivity index (χ1n) is 9.45. The van der Waals surface area contributed by atoms with Gasteiger partial charge in [0.1, 0.15) is 5.75 Å². The molecule has 0 heterocycles. The molecule has 0 unspecified atom stereocenters. The molecule has 144 valence electrons. The predicted molar refractivity (Wildman–Crippen MR) is 103 cm³/mol. The van der Waals surface area contributed by atoms with E-state index in [1.54, 1.807) is 25.1 Å². The van der Waals surface area contributed by atoms with E-state index >= 15 is 0 Å². The van der Waals surface area contributed by atoms with E-state index in [4.69, 9.17) is 4.74 Å². The van der Waals surface area contributed by atoms with Gasteiger partial charge in [-0.3, -0.25) is 14.5 Å². The summed E-state index contributed by atoms with van der Waals surface area (Å²) in [6.07, 6.45) is 5.87. The Hall–Kier alpha value is -2.08. The van der Waals surface area contributed by atoms with Crippen molar-refractivity contribution in [2.75, 3.05) is 39.1 Å². The molecule has 0 spiro atoms. The van der Waals surface area contributed by atoms with Crippen LogP contribution in [0.4, 0.5) is 5.69 Å². The SMILES string of the molecule is CCN(C(=O)CN(C)CC(=O)Nc1cccc(OC)c1)C1CCCCC1. The zero-order valence-electron chi connectivity index (χ0n) is 16.2. The lowest BCUT2D eigenvalue weighted by atomic mass is 9.94. The monoisotopic (exact) mass is 361 g/mol. The van der Waals surface area contributed by atoms with Crippen molar-refractivity contribution in [1.29, 1.82) is 0 Å². The van der Waals surface area contributed by atoms with Crippen molar-refractivity contribution >= 4 is 17.5 Å². The number of hydrogen-bond donors (Lipinski definition) is 1. The van der Waals surface area contributed by atoms with Gasteiger partial charge in [0, 0.05) is 24.3 Å². The fourth-order valence-corrected chi connectivity index (χ4v) is 3.56. The fraction of sp³-hybridized carbons (Fsp3) is 0.600. The lowest BCUT2D eigenvalue weighted by Gasteiger charge is -2.34. The van der Waals surface area contributed by atoms with E-state index in [-0.39, 0.29) is 24.9 Å². The van der Waals surface area contributed by atoms with E-state index < -0.39 is 0 Å². The van der Waals surface area contributed by atoms with Gasteiger partial charge in [-0.1, -0.05) is 25.3 Å². The van der Waals surface area contributed by atoms with E-state index in [0.717, 1.165) is 19.4 Å². The third-order valence-corrected chi connectivity index (χ3v) is 4.85. The average Bonchev–Trinajstić information content (AvgIpc) is 2.63. The van der Waals surface area contributed by atoms with Gasteiger partial charge in [-0.2, -0.15) is 0 Å². The van der Waals surface area contributed by atoms with Crippen molar-refractivity contribution in [3.05, 3.63) is 24.3 Å². The normalized spacial score (nSPS) is 14.9. The van der Waals surface area contributed by atoms with Crippen molar-refractivity contribution in [3.8, 4) is 5.75 Å². The second-order valence-corrected chi connectivity index (χ2v) is 6.92. The van der Waals surface area contributed by atoms with Gasteiger partial charge < -0.3 is 15.0 Å². The smallest absolute Gasteiger partial charge is 0.238 e. The lowest BCUT2D eigenvalue weighted by Crippen LogP contribution is -2.46. The summed E-state index contributed by atoms with van der Waals surface area (Å²) < 4.78 is 5.15. The molecule has 0 aliphatic heterocycles. The number of carbonyl (C=O) groups is 2. The molecule has 2 rings (SSSR count). The third kappa shape index (κ3) is 6.02. The van der Waals surface area contributed by atoms with Crippen LogP contribution in [-0.4, -0.2) is 61.4 Å². The van der Waals surface area contributed by atoms with E-state index in [1.807, 2.05) is 30.0 Å². The molecule has 0 bridgehead atoms. The third-order valence-electron chi connectivity index (χ3n) is 4.85. The Morgan fingerprint density at radius 3 is 2.58 bits per heavy atom. The molecule has 2 amide bonds. The Kier molecular flexibility index (Phi) is 7.91. The minimum Gasteiger partial charge on any atom is -0.497 e. The van der Waals surface area contributed by atoms with E-state index in [1.165, 1.54) is 19.3 Å². The number of nitrogens with zero attached hydrogens (tertiary/aromatic N) is 2. The standard InChI is InChI=1S/C20H31N3O3/c1-4-23(17-10-6-5-7-11-17)20(25)15-22(2)14-19(24)21-16-9-8-12-18(13-16)26-3/h8-9,12-13,17H,4-7,10-11,14-15H2,1-3H3,(H,21,24). The molecule has 6 nitrogen and oxygen atoms in total. The number of likely N-dealkylation sites (N-methyl/N-ethyl adjacent to an activating group) is 2. The van der Waals surface area contributed by atoms with E-state index in [9.17, 15) is 9.59 Å². The lowest BCUT2D eigenvalue weighted by molar-refractivity contribution is -0.135. The minimum absolute atomic E-state index is 0.107. The molecule has 1 aliphatic carbocycles. The van der Waals surface area contributed by atoms with Gasteiger partial charge in [0.25, 0.3) is 0 Å². The summed E-state index contributed by atoms with van der Waals surface area (Å²) in [7, 11) is 3.39. The Labute approximate surface area is 156 Å². The van der Waals surface area contributed by atoms with Crippen LogP contribution >= 0.6 is 0 Å². The summed E-state index contributed by atoms with van der Waals surface area (Å²) in [6, 6.07) is 7.59. The van der Waals surface area contributed by atoms with Crippen LogP contribution in [0.15, 0.2) is 24.3 Å². The maximum absolute atomic E-state index is 12.6. The first kappa shape index (κ1) is 20.2. The molecule has 1 fully saturated rings. The van der Waals surface area contributed by atoms with Crippen LogP contribution < -0.4 is 10.1 Å². The maximum Gasteiger partial charge on any atom is 0.238 e. The molecule has 1 saturated carbocycles. The number of benzene rings is 1. The fourth-order valence-electron chi connectivity index (χ4n) is 3.56. The number of amides is 2. The summed E-state index contributed by atoms with van der Waals surface area (Å²) in [6.45, 7) is 3.19. The summed E-state index contributed by atoms with van der Waals surface area (Å²) in [4.78, 5) is 28.6. The highest BCUT2D eigenvalue weighted by Gasteiger charge is 2.25. The van der Waals surface area contributed by atoms with Gasteiger partial charge in [0.05, 0.1) is 20.2 Å². The first-order valence-corrected chi connectivity index (χ1v) is 9.45. The van der Waals surface area contributed by atoms with Gasteiger partial charge in [-0.25, -0.2) is 0 Å². The maximum atomic E-state index is 12.6. The van der Waals surface area contributed by atoms with Gasteiger partial charge in [-0.15, -0.1) is 0 Å². The van der Waals surface area contributed by atoms with Crippen molar-refractivity contribution in [2.24, 2.45) is 0 Å². The second kappa shape index (κ2) is 10.2. The highest BCUT2D eigenvalue weighted by Crippen LogP contribution is 2.22. The van der Waals surface area contributed by atoms with Crippen LogP contribution in [0.1, 0.15) is 39.0 Å². The second-order valence-electron chi connectivity index (χ2n) is 6.92. The summed E-state index contributed by atoms with van der Waals surface area (Å²) in [5, 5.41) is 2.84. The molecule has 1 N–H and O–H groups in total. The Bertz CT molecular complexity index is 600. The summed E-state index contributed by atoms with van der Waals surface area (Å²) in [5.41, 5.74) is 0.687. The van der Waals surface area contributed by atoms with Crippen LogP contribution in [0, 0.1) is 0 Å². The number of rotatable bonds is 8. The molecule has 1 aromatic rings. The molecule has 1 aliphatic rings. The average molecular weight is 361 g/mol. The van der Waals surface area contributed by atoms with Gasteiger partial charge in [-0.05, 0) is 38.9 Å². The quantitative estimate of drug-likeness (QED) is 0.773. The van der Waals surface area contributed by atoms with Gasteiger partial charge in [0.2, 0.25) is 11.8 Å². The molecule has 0 aromatic heterocycles. The number of nitrogens with one attached hydrogen (secondary N) is 1. The molecule has 0 atom stereocenters. The van der Waals surface area contributed by atoms with Gasteiger partial charge in [0.15, 0.2) is 0 Å². The summed E-state index contributed by atoms with van der Waals surface area (Å²) in [5.74, 6) is 0.655. The number of methoxy groups -OCH3 is 1. The molecular weight excluding hydrogens is 330 g/mol. The molecule has 1 aromatic carbocycles. The molecular formula is C20H31N3O3. The largest absolute Gasteiger partial charge is 0.497 e. The molecule has 6 heteroatoms. The Morgan fingerprint density at radius 1 is 1.19 bits per heavy atom. The van der Waals surface area contributed by atoms with Gasteiger partial charge >= 0.3 is 0 Å². The van der Waals surface area contributed by atoms with Crippen LogP contribution in [0.2, 0.25) is 0 Å². The van der Waals surface area contributed by atoms with E-state index in [0.29, 0.717) is 17.5 Å². The topological polar surface area (TPSA) is 61.9 Å². The zero-order chi connectivity index (χ0) is 18.9. The van der Waals surface area contributed by atoms with Crippen LogP contribution in [-0.2, 0) is 9.59 Å². The Morgan fingerprint density at radius 2 is 1.92 bits per heavy atom. The number of anilines is 1. The first-order chi connectivity index (χ1) is 12.5. The van der Waals surface area contributed by atoms with Crippen LogP contribution in [0.3, 0.4) is 0 Å². The molecule has 0 radical (unpaired) electrons. The number of carbonyl (C=O) groups excluding carboxylic acids is 2. The highest BCUT2D eigenvalue weighted by molar-refractivity contribution is 5.92. The van der Waals surface area contributed by atoms with Crippen molar-refractivity contribution < 1.29 is 14.3 Å². The van der Waals surface area contributed by atoms with Crippen LogP contribution in [0.5, 0.6) is 5.75 Å².